The highest BCUT2D eigenvalue weighted by atomic mass is 32.1. The third-order valence-corrected chi connectivity index (χ3v) is 4.45. The van der Waals surface area contributed by atoms with E-state index in [4.69, 9.17) is 0 Å². The zero-order valence-electron chi connectivity index (χ0n) is 12.4. The van der Waals surface area contributed by atoms with Crippen LogP contribution in [-0.2, 0) is 0 Å². The molecule has 0 fully saturated rings. The molecule has 0 saturated heterocycles. The number of hydrogen-bond acceptors (Lipinski definition) is 7. The van der Waals surface area contributed by atoms with Gasteiger partial charge in [0.15, 0.2) is 0 Å². The summed E-state index contributed by atoms with van der Waals surface area (Å²) in [6.45, 7) is 0. The summed E-state index contributed by atoms with van der Waals surface area (Å²) >= 11 is 1.43. The Labute approximate surface area is 141 Å². The number of nitrogens with one attached hydrogen (secondary N) is 2. The van der Waals surface area contributed by atoms with E-state index in [0.29, 0.717) is 0 Å². The summed E-state index contributed by atoms with van der Waals surface area (Å²) in [7, 11) is 0. The number of fused-ring (bicyclic) bond motifs is 3. The topological polar surface area (TPSA) is 126 Å². The summed E-state index contributed by atoms with van der Waals surface area (Å²) < 4.78 is 4.94. The maximum absolute atomic E-state index is 11.3. The molecule has 0 amide bonds. The fourth-order valence-corrected chi connectivity index (χ4v) is 3.11. The van der Waals surface area contributed by atoms with Crippen molar-refractivity contribution in [2.24, 2.45) is 0 Å². The first-order valence-electron chi connectivity index (χ1n) is 7.11. The molecule has 5 rings (SSSR count). The van der Waals surface area contributed by atoms with Crippen molar-refractivity contribution >= 4 is 43.3 Å². The Bertz CT molecular complexity index is 1260. The second kappa shape index (κ2) is 5.56. The largest absolute Gasteiger partial charge is 0.288 e. The molecular formula is C16H8N4O4S. The van der Waals surface area contributed by atoms with Gasteiger partial charge in [-0.15, -0.1) is 5.10 Å². The van der Waals surface area contributed by atoms with Crippen LogP contribution in [-0.4, -0.2) is 19.6 Å². The van der Waals surface area contributed by atoms with Gasteiger partial charge in [-0.25, -0.2) is 0 Å². The minimum absolute atomic E-state index is 0.133. The van der Waals surface area contributed by atoms with Crippen LogP contribution in [0.3, 0.4) is 0 Å². The van der Waals surface area contributed by atoms with Crippen LogP contribution in [0.15, 0.2) is 55.6 Å². The molecule has 0 aliphatic carbocycles. The van der Waals surface area contributed by atoms with E-state index in [2.05, 4.69) is 19.6 Å². The van der Waals surface area contributed by atoms with E-state index in [9.17, 15) is 19.2 Å². The van der Waals surface area contributed by atoms with Gasteiger partial charge >= 0.3 is 0 Å². The quantitative estimate of drug-likeness (QED) is 0.422. The minimum Gasteiger partial charge on any atom is -0.288 e. The van der Waals surface area contributed by atoms with Crippen molar-refractivity contribution in [3.8, 4) is 0 Å². The number of rotatable bonds is 0. The molecule has 8 nitrogen and oxygen atoms in total. The summed E-state index contributed by atoms with van der Waals surface area (Å²) in [6.07, 6.45) is 0. The average Bonchev–Trinajstić information content (AvgIpc) is 3.26. The van der Waals surface area contributed by atoms with Gasteiger partial charge in [-0.2, -0.15) is 0 Å². The SMILES string of the molecule is O=c1[nH]c(=O)c2cc3c(=O)[nH]c(=O)c3cc12.c1ccc2snnc2c1. The minimum atomic E-state index is -0.546. The van der Waals surface area contributed by atoms with Crippen LogP contribution in [0, 0.1) is 0 Å². The molecule has 25 heavy (non-hydrogen) atoms. The van der Waals surface area contributed by atoms with Crippen LogP contribution < -0.4 is 22.2 Å². The Morgan fingerprint density at radius 2 is 1.20 bits per heavy atom. The van der Waals surface area contributed by atoms with Crippen molar-refractivity contribution in [3.05, 3.63) is 77.8 Å². The highest BCUT2D eigenvalue weighted by molar-refractivity contribution is 7.12. The summed E-state index contributed by atoms with van der Waals surface area (Å²) in [5, 5.41) is 4.42. The number of hydrogen-bond donors (Lipinski definition) is 2. The zero-order chi connectivity index (χ0) is 17.6. The molecule has 0 unspecified atom stereocenters. The summed E-state index contributed by atoms with van der Waals surface area (Å²) in [5.74, 6) is 0. The first kappa shape index (κ1) is 15.1. The molecule has 3 heterocycles. The normalized spacial score (nSPS) is 11.0. The fourth-order valence-electron chi connectivity index (χ4n) is 2.55. The zero-order valence-corrected chi connectivity index (χ0v) is 13.2. The molecule has 122 valence electrons. The molecule has 2 N–H and O–H groups in total. The molecule has 0 aliphatic heterocycles. The van der Waals surface area contributed by atoms with Crippen molar-refractivity contribution in [2.75, 3.05) is 0 Å². The van der Waals surface area contributed by atoms with Crippen molar-refractivity contribution in [3.63, 3.8) is 0 Å². The summed E-state index contributed by atoms with van der Waals surface area (Å²) in [5.41, 5.74) is -1.20. The molecular weight excluding hydrogens is 344 g/mol. The predicted octanol–water partition coefficient (Wildman–Crippen LogP) is 0.657. The van der Waals surface area contributed by atoms with Gasteiger partial charge < -0.3 is 0 Å². The van der Waals surface area contributed by atoms with E-state index in [-0.39, 0.29) is 21.5 Å². The summed E-state index contributed by atoms with van der Waals surface area (Å²) in [4.78, 5) is 49.4. The van der Waals surface area contributed by atoms with Crippen molar-refractivity contribution in [2.45, 2.75) is 0 Å². The summed E-state index contributed by atoms with van der Waals surface area (Å²) in [6, 6.07) is 10.5. The molecule has 0 aliphatic rings. The standard InChI is InChI=1S/C10H4N2O4.C6H4N2S/c13-7-3-1-4-6(10(16)12-8(4)14)2-5(3)9(15)11-7;1-2-4-6-5(3-1)7-8-9-6/h1-2H,(H,11,13,15)(H,12,14,16);1-4H. The molecule has 5 aromatic rings. The van der Waals surface area contributed by atoms with Crippen LogP contribution in [0.25, 0.3) is 31.8 Å². The lowest BCUT2D eigenvalue weighted by atomic mass is 10.1. The van der Waals surface area contributed by atoms with E-state index in [1.807, 2.05) is 24.3 Å². The van der Waals surface area contributed by atoms with Gasteiger partial charge in [0.25, 0.3) is 22.2 Å². The van der Waals surface area contributed by atoms with Gasteiger partial charge in [0.2, 0.25) is 0 Å². The monoisotopic (exact) mass is 352 g/mol. The van der Waals surface area contributed by atoms with Gasteiger partial charge in [0, 0.05) is 0 Å². The lowest BCUT2D eigenvalue weighted by Crippen LogP contribution is -2.06. The van der Waals surface area contributed by atoms with E-state index in [1.165, 1.54) is 23.7 Å². The van der Waals surface area contributed by atoms with E-state index in [0.717, 1.165) is 10.2 Å². The highest BCUT2D eigenvalue weighted by Crippen LogP contribution is 2.13. The number of nitrogens with zero attached hydrogens (tertiary/aromatic N) is 2. The molecule has 9 heteroatoms. The van der Waals surface area contributed by atoms with Crippen molar-refractivity contribution in [1.82, 2.24) is 19.6 Å². The van der Waals surface area contributed by atoms with Crippen molar-refractivity contribution < 1.29 is 0 Å². The lowest BCUT2D eigenvalue weighted by molar-refractivity contribution is 1.20. The molecule has 0 spiro atoms. The van der Waals surface area contributed by atoms with Crippen LogP contribution in [0.1, 0.15) is 0 Å². The van der Waals surface area contributed by atoms with Gasteiger partial charge in [0.05, 0.1) is 26.2 Å². The van der Waals surface area contributed by atoms with Gasteiger partial charge in [0.1, 0.15) is 5.52 Å². The Morgan fingerprint density at radius 3 is 1.68 bits per heavy atom. The predicted molar refractivity (Wildman–Crippen MR) is 95.0 cm³/mol. The fraction of sp³-hybridized carbons (Fsp3) is 0. The van der Waals surface area contributed by atoms with Crippen LogP contribution >= 0.6 is 11.5 Å². The molecule has 3 aromatic heterocycles. The van der Waals surface area contributed by atoms with Gasteiger partial charge in [-0.1, -0.05) is 16.6 Å². The molecule has 0 atom stereocenters. The van der Waals surface area contributed by atoms with Crippen LogP contribution in [0.2, 0.25) is 0 Å². The molecule has 0 bridgehead atoms. The highest BCUT2D eigenvalue weighted by Gasteiger charge is 2.12. The second-order valence-corrected chi connectivity index (χ2v) is 6.04. The Hall–Kier alpha value is -3.46. The van der Waals surface area contributed by atoms with E-state index in [1.54, 1.807) is 0 Å². The first-order chi connectivity index (χ1) is 12.0. The maximum Gasteiger partial charge on any atom is 0.258 e. The van der Waals surface area contributed by atoms with Crippen LogP contribution in [0.4, 0.5) is 0 Å². The Balaban J connectivity index is 0.000000147. The van der Waals surface area contributed by atoms with E-state index >= 15 is 0 Å². The third-order valence-electron chi connectivity index (χ3n) is 3.74. The van der Waals surface area contributed by atoms with Crippen molar-refractivity contribution in [1.29, 1.82) is 0 Å². The molecule has 0 radical (unpaired) electrons. The second-order valence-electron chi connectivity index (χ2n) is 5.25. The first-order valence-corrected chi connectivity index (χ1v) is 7.88. The maximum atomic E-state index is 11.3. The van der Waals surface area contributed by atoms with Gasteiger partial charge in [-0.3, -0.25) is 29.1 Å². The third kappa shape index (κ3) is 2.46. The molecule has 2 aromatic carbocycles. The van der Waals surface area contributed by atoms with Gasteiger partial charge in [-0.05, 0) is 35.8 Å². The molecule has 0 saturated carbocycles. The number of aromatic nitrogens is 4. The van der Waals surface area contributed by atoms with Crippen LogP contribution in [0.5, 0.6) is 0 Å². The number of H-pyrrole nitrogens is 2. The average molecular weight is 352 g/mol. The number of aromatic amines is 2. The lowest BCUT2D eigenvalue weighted by Gasteiger charge is -1.86. The Morgan fingerprint density at radius 1 is 0.720 bits per heavy atom. The number of benzene rings is 2. The van der Waals surface area contributed by atoms with E-state index < -0.39 is 22.2 Å². The Kier molecular flexibility index (Phi) is 3.36. The smallest absolute Gasteiger partial charge is 0.258 e.